The fourth-order valence-electron chi connectivity index (χ4n) is 3.65. The monoisotopic (exact) mass is 525 g/mol. The summed E-state index contributed by atoms with van der Waals surface area (Å²) in [5.41, 5.74) is 11.3. The number of carbonyl (C=O) groups excluding carboxylic acids is 3. The van der Waals surface area contributed by atoms with E-state index in [0.717, 1.165) is 7.11 Å². The number of amidine groups is 2. The number of amides is 3. The van der Waals surface area contributed by atoms with Gasteiger partial charge in [-0.05, 0) is 29.7 Å². The molecule has 0 bridgehead atoms. The number of aliphatic carboxylic acids is 1. The van der Waals surface area contributed by atoms with Gasteiger partial charge in [0.05, 0.1) is 13.7 Å². The van der Waals surface area contributed by atoms with Crippen LogP contribution in [0.2, 0.25) is 0 Å². The number of carboxylic acids is 1. The van der Waals surface area contributed by atoms with Gasteiger partial charge in [0.15, 0.2) is 0 Å². The number of carboxylic acid groups (broad SMARTS) is 1. The molecule has 10 N–H and O–H groups in total. The van der Waals surface area contributed by atoms with Crippen LogP contribution in [0.1, 0.15) is 35.1 Å². The van der Waals surface area contributed by atoms with E-state index >= 15 is 0 Å². The minimum atomic E-state index is -1.79. The maximum absolute atomic E-state index is 13.4. The van der Waals surface area contributed by atoms with Crippen LogP contribution in [-0.2, 0) is 32.1 Å². The van der Waals surface area contributed by atoms with Gasteiger partial charge in [-0.15, -0.1) is 0 Å². The predicted molar refractivity (Wildman–Crippen MR) is 139 cm³/mol. The van der Waals surface area contributed by atoms with Crippen molar-refractivity contribution in [2.24, 2.45) is 11.5 Å². The van der Waals surface area contributed by atoms with Gasteiger partial charge in [-0.2, -0.15) is 0 Å². The average molecular weight is 526 g/mol. The van der Waals surface area contributed by atoms with Crippen molar-refractivity contribution in [3.63, 3.8) is 0 Å². The molecule has 38 heavy (non-hydrogen) atoms. The molecule has 0 radical (unpaired) electrons. The second-order valence-corrected chi connectivity index (χ2v) is 8.46. The van der Waals surface area contributed by atoms with Gasteiger partial charge in [-0.3, -0.25) is 25.2 Å². The zero-order chi connectivity index (χ0) is 28.3. The van der Waals surface area contributed by atoms with Gasteiger partial charge in [-0.1, -0.05) is 36.4 Å². The first-order chi connectivity index (χ1) is 18.0. The molecule has 0 saturated carbocycles. The third kappa shape index (κ3) is 8.62. The Hall–Kier alpha value is -4.94. The summed E-state index contributed by atoms with van der Waals surface area (Å²) < 4.78 is 4.67. The van der Waals surface area contributed by atoms with Crippen molar-refractivity contribution in [1.82, 2.24) is 16.0 Å². The van der Waals surface area contributed by atoms with Crippen LogP contribution in [-0.4, -0.2) is 59.8 Å². The third-order valence-electron chi connectivity index (χ3n) is 5.61. The summed E-state index contributed by atoms with van der Waals surface area (Å²) in [7, 11) is 1.10. The van der Waals surface area contributed by atoms with E-state index in [-0.39, 0.29) is 31.1 Å². The number of nitrogens with one attached hydrogen (secondary N) is 5. The van der Waals surface area contributed by atoms with E-state index in [2.05, 4.69) is 20.7 Å². The van der Waals surface area contributed by atoms with E-state index in [1.54, 1.807) is 48.5 Å². The van der Waals surface area contributed by atoms with Crippen LogP contribution >= 0.6 is 0 Å². The summed E-state index contributed by atoms with van der Waals surface area (Å²) >= 11 is 0. The third-order valence-corrected chi connectivity index (χ3v) is 5.61. The Morgan fingerprint density at radius 3 is 2.08 bits per heavy atom. The summed E-state index contributed by atoms with van der Waals surface area (Å²) in [6, 6.07) is 13.1. The van der Waals surface area contributed by atoms with E-state index in [1.165, 1.54) is 0 Å². The fourth-order valence-corrected chi connectivity index (χ4v) is 3.65. The Morgan fingerprint density at radius 1 is 0.947 bits per heavy atom. The van der Waals surface area contributed by atoms with Gasteiger partial charge in [-0.25, -0.2) is 4.79 Å². The van der Waals surface area contributed by atoms with Crippen molar-refractivity contribution in [1.29, 1.82) is 10.8 Å². The molecule has 13 nitrogen and oxygen atoms in total. The standard InChI is InChI=1S/C25H31N7O6/c1-38-24(37)32-25(9-8-20(34)35,12-15-4-2-6-17(10-15)21(26)27)23(36)31-14-19(33)30-13-16-5-3-7-18(11-16)22(28)29/h2-7,10-11H,8-9,12-14H2,1H3,(H3,26,27)(H3,28,29)(H,30,33)(H,31,36)(H,32,37)(H,34,35). The topological polar surface area (TPSA) is 234 Å². The van der Waals surface area contributed by atoms with Crippen molar-refractivity contribution in [3.05, 3.63) is 70.8 Å². The molecule has 2 aromatic rings. The lowest BCUT2D eigenvalue weighted by molar-refractivity contribution is -0.138. The molecule has 0 aliphatic heterocycles. The molecule has 0 spiro atoms. The van der Waals surface area contributed by atoms with Gasteiger partial charge < -0.3 is 37.3 Å². The minimum Gasteiger partial charge on any atom is -0.481 e. The molecule has 1 atom stereocenters. The summed E-state index contributed by atoms with van der Waals surface area (Å²) in [6.07, 6.45) is -1.92. The number of alkyl carbamates (subject to hydrolysis) is 1. The lowest BCUT2D eigenvalue weighted by Gasteiger charge is -2.33. The average Bonchev–Trinajstić information content (AvgIpc) is 2.89. The van der Waals surface area contributed by atoms with Crippen molar-refractivity contribution in [2.45, 2.75) is 31.3 Å². The van der Waals surface area contributed by atoms with Crippen LogP contribution < -0.4 is 27.4 Å². The van der Waals surface area contributed by atoms with Gasteiger partial charge in [0, 0.05) is 30.5 Å². The van der Waals surface area contributed by atoms with E-state index in [1.807, 2.05) is 0 Å². The molecule has 13 heteroatoms. The van der Waals surface area contributed by atoms with Crippen LogP contribution in [0, 0.1) is 10.8 Å². The Bertz CT molecular complexity index is 1230. The number of ether oxygens (including phenoxy) is 1. The summed E-state index contributed by atoms with van der Waals surface area (Å²) in [5.74, 6) is -2.87. The Balaban J connectivity index is 2.22. The van der Waals surface area contributed by atoms with Gasteiger partial charge in [0.25, 0.3) is 0 Å². The summed E-state index contributed by atoms with van der Waals surface area (Å²) in [4.78, 5) is 49.4. The lowest BCUT2D eigenvalue weighted by atomic mass is 9.84. The number of rotatable bonds is 13. The fraction of sp³-hybridized carbons (Fsp3) is 0.280. The molecule has 202 valence electrons. The molecule has 0 aliphatic carbocycles. The number of nitrogens with two attached hydrogens (primary N) is 2. The summed E-state index contributed by atoms with van der Waals surface area (Å²) in [5, 5.41) is 32.0. The van der Waals surface area contributed by atoms with Crippen molar-refractivity contribution < 1.29 is 29.0 Å². The lowest BCUT2D eigenvalue weighted by Crippen LogP contribution is -2.61. The number of benzene rings is 2. The highest BCUT2D eigenvalue weighted by Gasteiger charge is 2.41. The first-order valence-corrected chi connectivity index (χ1v) is 11.5. The zero-order valence-corrected chi connectivity index (χ0v) is 20.8. The molecule has 0 aromatic heterocycles. The molecule has 3 amide bonds. The number of nitrogen functional groups attached to an aromatic ring is 2. The van der Waals surface area contributed by atoms with Crippen LogP contribution in [0.25, 0.3) is 0 Å². The maximum Gasteiger partial charge on any atom is 0.407 e. The number of methoxy groups -OCH3 is 1. The second kappa shape index (κ2) is 13.4. The van der Waals surface area contributed by atoms with E-state index in [0.29, 0.717) is 22.3 Å². The van der Waals surface area contributed by atoms with E-state index < -0.39 is 42.4 Å². The SMILES string of the molecule is COC(=O)NC(CCC(=O)O)(Cc1cccc(C(=N)N)c1)C(=O)NCC(=O)NCc1cccc(C(=N)N)c1. The van der Waals surface area contributed by atoms with Gasteiger partial charge >= 0.3 is 12.1 Å². The van der Waals surface area contributed by atoms with Crippen molar-refractivity contribution in [3.8, 4) is 0 Å². The van der Waals surface area contributed by atoms with Crippen LogP contribution in [0.15, 0.2) is 48.5 Å². The predicted octanol–water partition coefficient (Wildman–Crippen LogP) is 0.189. The highest BCUT2D eigenvalue weighted by Crippen LogP contribution is 2.22. The van der Waals surface area contributed by atoms with Crippen LogP contribution in [0.5, 0.6) is 0 Å². The van der Waals surface area contributed by atoms with E-state index in [4.69, 9.17) is 22.3 Å². The Kier molecular flexibility index (Phi) is 10.3. The normalized spacial score (nSPS) is 11.9. The second-order valence-electron chi connectivity index (χ2n) is 8.46. The quantitative estimate of drug-likeness (QED) is 0.132. The smallest absolute Gasteiger partial charge is 0.407 e. The Morgan fingerprint density at radius 2 is 1.53 bits per heavy atom. The zero-order valence-electron chi connectivity index (χ0n) is 20.8. The molecule has 1 unspecified atom stereocenters. The Labute approximate surface area is 218 Å². The van der Waals surface area contributed by atoms with Gasteiger partial charge in [0.1, 0.15) is 17.2 Å². The molecule has 0 heterocycles. The molecule has 0 fully saturated rings. The molecular weight excluding hydrogens is 494 g/mol. The highest BCUT2D eigenvalue weighted by atomic mass is 16.5. The van der Waals surface area contributed by atoms with Crippen LogP contribution in [0.3, 0.4) is 0 Å². The first kappa shape index (κ1) is 29.3. The first-order valence-electron chi connectivity index (χ1n) is 11.5. The van der Waals surface area contributed by atoms with Crippen molar-refractivity contribution in [2.75, 3.05) is 13.7 Å². The molecule has 0 aliphatic rings. The van der Waals surface area contributed by atoms with Crippen LogP contribution in [0.4, 0.5) is 4.79 Å². The molecular formula is C25H31N7O6. The number of hydrogen-bond acceptors (Lipinski definition) is 7. The van der Waals surface area contributed by atoms with E-state index in [9.17, 15) is 24.3 Å². The minimum absolute atomic E-state index is 0.109. The summed E-state index contributed by atoms with van der Waals surface area (Å²) in [6.45, 7) is -0.353. The molecule has 2 rings (SSSR count). The largest absolute Gasteiger partial charge is 0.481 e. The van der Waals surface area contributed by atoms with Crippen molar-refractivity contribution >= 4 is 35.5 Å². The highest BCUT2D eigenvalue weighted by molar-refractivity contribution is 5.96. The molecule has 2 aromatic carbocycles. The number of carbonyl (C=O) groups is 4. The number of hydrogen-bond donors (Lipinski definition) is 8. The maximum atomic E-state index is 13.4. The van der Waals surface area contributed by atoms with Gasteiger partial charge in [0.2, 0.25) is 11.8 Å². The molecule has 0 saturated heterocycles.